The largest absolute Gasteiger partial charge is 0.481 e. The van der Waals surface area contributed by atoms with Crippen LogP contribution in [0, 0.1) is 5.92 Å². The third-order valence-corrected chi connectivity index (χ3v) is 5.42. The van der Waals surface area contributed by atoms with Gasteiger partial charge in [-0.1, -0.05) is 0 Å². The predicted octanol–water partition coefficient (Wildman–Crippen LogP) is 1.80. The van der Waals surface area contributed by atoms with Crippen LogP contribution in [-0.4, -0.2) is 59.1 Å². The summed E-state index contributed by atoms with van der Waals surface area (Å²) in [4.78, 5) is 16.1. The predicted molar refractivity (Wildman–Crippen MR) is 74.2 cm³/mol. The zero-order chi connectivity index (χ0) is 13.2. The highest BCUT2D eigenvalue weighted by Crippen LogP contribution is 2.31. The molecule has 0 saturated carbocycles. The summed E-state index contributed by atoms with van der Waals surface area (Å²) in [6, 6.07) is 1.61. The molecule has 3 heterocycles. The van der Waals surface area contributed by atoms with Crippen molar-refractivity contribution in [2.24, 2.45) is 5.92 Å². The van der Waals surface area contributed by atoms with E-state index in [-0.39, 0.29) is 0 Å². The third-order valence-electron chi connectivity index (χ3n) is 5.42. The molecule has 0 amide bonds. The molecule has 0 aromatic carbocycles. The van der Waals surface area contributed by atoms with Gasteiger partial charge in [-0.2, -0.15) is 0 Å². The number of hydrogen-bond acceptors (Lipinski definition) is 3. The highest BCUT2D eigenvalue weighted by molar-refractivity contribution is 5.67. The summed E-state index contributed by atoms with van der Waals surface area (Å²) in [7, 11) is 0. The quantitative estimate of drug-likeness (QED) is 0.846. The van der Waals surface area contributed by atoms with E-state index >= 15 is 0 Å². The Labute approximate surface area is 115 Å². The number of nitrogens with zero attached hydrogens (tertiary/aromatic N) is 2. The van der Waals surface area contributed by atoms with Crippen LogP contribution >= 0.6 is 0 Å². The molecule has 3 aliphatic rings. The van der Waals surface area contributed by atoms with Gasteiger partial charge in [0, 0.05) is 18.5 Å². The number of carboxylic acids is 1. The maximum absolute atomic E-state index is 10.8. The summed E-state index contributed by atoms with van der Waals surface area (Å²) in [6.07, 6.45) is 7.98. The summed E-state index contributed by atoms with van der Waals surface area (Å²) in [5.41, 5.74) is 0. The van der Waals surface area contributed by atoms with Gasteiger partial charge in [0.05, 0.1) is 0 Å². The maximum Gasteiger partial charge on any atom is 0.303 e. The molecule has 2 unspecified atom stereocenters. The van der Waals surface area contributed by atoms with Gasteiger partial charge >= 0.3 is 5.97 Å². The van der Waals surface area contributed by atoms with Crippen molar-refractivity contribution in [1.29, 1.82) is 0 Å². The molecule has 3 rings (SSSR count). The summed E-state index contributed by atoms with van der Waals surface area (Å²) < 4.78 is 0. The van der Waals surface area contributed by atoms with Crippen LogP contribution in [0.15, 0.2) is 0 Å². The molecule has 3 fully saturated rings. The van der Waals surface area contributed by atoms with Crippen LogP contribution in [0.1, 0.15) is 44.9 Å². The number of hydrogen-bond donors (Lipinski definition) is 1. The first-order valence-electron chi connectivity index (χ1n) is 7.92. The van der Waals surface area contributed by atoms with Crippen LogP contribution in [-0.2, 0) is 4.79 Å². The minimum Gasteiger partial charge on any atom is -0.481 e. The molecular weight excluding hydrogens is 240 g/mol. The lowest BCUT2D eigenvalue weighted by molar-refractivity contribution is -0.138. The van der Waals surface area contributed by atoms with Gasteiger partial charge in [0.15, 0.2) is 0 Å². The van der Waals surface area contributed by atoms with Crippen molar-refractivity contribution in [2.75, 3.05) is 26.2 Å². The lowest BCUT2D eigenvalue weighted by atomic mass is 9.90. The molecule has 0 bridgehead atoms. The van der Waals surface area contributed by atoms with Crippen molar-refractivity contribution in [3.63, 3.8) is 0 Å². The summed E-state index contributed by atoms with van der Waals surface area (Å²) in [5.74, 6) is -0.210. The Bertz CT molecular complexity index is 326. The maximum atomic E-state index is 10.8. The monoisotopic (exact) mass is 266 g/mol. The smallest absolute Gasteiger partial charge is 0.303 e. The Morgan fingerprint density at radius 1 is 0.947 bits per heavy atom. The molecule has 0 aromatic rings. The van der Waals surface area contributed by atoms with Gasteiger partial charge in [0.1, 0.15) is 0 Å². The summed E-state index contributed by atoms with van der Waals surface area (Å²) in [5, 5.41) is 8.86. The third kappa shape index (κ3) is 3.11. The zero-order valence-corrected chi connectivity index (χ0v) is 11.8. The molecule has 0 aliphatic carbocycles. The first-order chi connectivity index (χ1) is 9.22. The minimum absolute atomic E-state index is 0.370. The Morgan fingerprint density at radius 3 is 2.32 bits per heavy atom. The molecular formula is C15H26N2O2. The fourth-order valence-corrected chi connectivity index (χ4v) is 4.30. The van der Waals surface area contributed by atoms with Crippen LogP contribution in [0.2, 0.25) is 0 Å². The Hall–Kier alpha value is -0.610. The zero-order valence-electron chi connectivity index (χ0n) is 11.8. The lowest BCUT2D eigenvalue weighted by Crippen LogP contribution is -2.49. The first kappa shape index (κ1) is 13.4. The second kappa shape index (κ2) is 5.80. The fourth-order valence-electron chi connectivity index (χ4n) is 4.30. The topological polar surface area (TPSA) is 43.8 Å². The number of carbonyl (C=O) groups is 1. The van der Waals surface area contributed by atoms with Crippen LogP contribution in [0.5, 0.6) is 0 Å². The molecule has 3 saturated heterocycles. The number of likely N-dealkylation sites (tertiary alicyclic amines) is 1. The van der Waals surface area contributed by atoms with E-state index in [0.29, 0.717) is 12.3 Å². The average molecular weight is 266 g/mol. The van der Waals surface area contributed by atoms with Gasteiger partial charge in [0.25, 0.3) is 0 Å². The molecule has 3 aliphatic heterocycles. The van der Waals surface area contributed by atoms with Gasteiger partial charge < -0.3 is 14.9 Å². The van der Waals surface area contributed by atoms with E-state index in [9.17, 15) is 4.79 Å². The SMILES string of the molecule is O=C(O)CC1CCN(C2CCN3CCCC3C2)CC1. The molecule has 108 valence electrons. The lowest BCUT2D eigenvalue weighted by Gasteiger charge is -2.43. The van der Waals surface area contributed by atoms with Crippen LogP contribution in [0.25, 0.3) is 0 Å². The molecule has 4 nitrogen and oxygen atoms in total. The van der Waals surface area contributed by atoms with Gasteiger partial charge in [-0.3, -0.25) is 4.79 Å². The van der Waals surface area contributed by atoms with E-state index in [1.54, 1.807) is 0 Å². The van der Waals surface area contributed by atoms with Gasteiger partial charge in [-0.05, 0) is 70.6 Å². The molecule has 1 N–H and O–H groups in total. The Balaban J connectivity index is 1.47. The van der Waals surface area contributed by atoms with E-state index in [2.05, 4.69) is 9.80 Å². The normalized spacial score (nSPS) is 34.3. The van der Waals surface area contributed by atoms with Gasteiger partial charge in [-0.15, -0.1) is 0 Å². The van der Waals surface area contributed by atoms with E-state index in [0.717, 1.165) is 38.0 Å². The average Bonchev–Trinajstić information content (AvgIpc) is 2.86. The Kier molecular flexibility index (Phi) is 4.08. The summed E-state index contributed by atoms with van der Waals surface area (Å²) in [6.45, 7) is 4.84. The van der Waals surface area contributed by atoms with Crippen molar-refractivity contribution in [3.05, 3.63) is 0 Å². The molecule has 2 atom stereocenters. The molecule has 0 radical (unpaired) electrons. The number of carboxylic acid groups (broad SMARTS) is 1. The van der Waals surface area contributed by atoms with Crippen molar-refractivity contribution in [3.8, 4) is 0 Å². The van der Waals surface area contributed by atoms with Crippen molar-refractivity contribution >= 4 is 5.97 Å². The van der Waals surface area contributed by atoms with Crippen molar-refractivity contribution < 1.29 is 9.90 Å². The molecule has 0 aromatic heterocycles. The van der Waals surface area contributed by atoms with Gasteiger partial charge in [0.2, 0.25) is 0 Å². The van der Waals surface area contributed by atoms with E-state index in [1.165, 1.54) is 38.8 Å². The number of piperidine rings is 2. The minimum atomic E-state index is -0.627. The highest BCUT2D eigenvalue weighted by Gasteiger charge is 2.35. The van der Waals surface area contributed by atoms with Crippen LogP contribution < -0.4 is 0 Å². The number of fused-ring (bicyclic) bond motifs is 1. The van der Waals surface area contributed by atoms with Gasteiger partial charge in [-0.25, -0.2) is 0 Å². The van der Waals surface area contributed by atoms with E-state index < -0.39 is 5.97 Å². The highest BCUT2D eigenvalue weighted by atomic mass is 16.4. The molecule has 0 spiro atoms. The summed E-state index contributed by atoms with van der Waals surface area (Å²) >= 11 is 0. The first-order valence-corrected chi connectivity index (χ1v) is 7.92. The second-order valence-electron chi connectivity index (χ2n) is 6.59. The molecule has 19 heavy (non-hydrogen) atoms. The number of aliphatic carboxylic acids is 1. The van der Waals surface area contributed by atoms with Crippen LogP contribution in [0.4, 0.5) is 0 Å². The number of rotatable bonds is 3. The second-order valence-corrected chi connectivity index (χ2v) is 6.59. The van der Waals surface area contributed by atoms with Crippen molar-refractivity contribution in [1.82, 2.24) is 9.80 Å². The Morgan fingerprint density at radius 2 is 1.58 bits per heavy atom. The standard InChI is InChI=1S/C15H26N2O2/c18-15(19)10-12-3-7-17(8-4-12)14-5-9-16-6-1-2-13(16)11-14/h12-14H,1-11H2,(H,18,19). The van der Waals surface area contributed by atoms with Crippen LogP contribution in [0.3, 0.4) is 0 Å². The van der Waals surface area contributed by atoms with E-state index in [4.69, 9.17) is 5.11 Å². The fraction of sp³-hybridized carbons (Fsp3) is 0.933. The molecule has 4 heteroatoms. The van der Waals surface area contributed by atoms with E-state index in [1.807, 2.05) is 0 Å². The van der Waals surface area contributed by atoms with Crippen molar-refractivity contribution in [2.45, 2.75) is 57.0 Å².